The molecule has 4 heterocycles. The molecule has 2 N–H and O–H groups in total. The van der Waals surface area contributed by atoms with Crippen LogP contribution in [-0.4, -0.2) is 84.0 Å². The number of imide groups is 1. The van der Waals surface area contributed by atoms with Gasteiger partial charge < -0.3 is 19.8 Å². The zero-order valence-corrected chi connectivity index (χ0v) is 32.0. The number of hydrogen-bond donors (Lipinski definition) is 2. The van der Waals surface area contributed by atoms with Gasteiger partial charge in [-0.05, 0) is 121 Å². The van der Waals surface area contributed by atoms with Gasteiger partial charge in [-0.3, -0.25) is 24.6 Å². The second kappa shape index (κ2) is 15.3. The zero-order chi connectivity index (χ0) is 38.2. The molecule has 1 spiro atoms. The lowest BCUT2D eigenvalue weighted by atomic mass is 9.60. The normalized spacial score (nSPS) is 21.6. The van der Waals surface area contributed by atoms with Gasteiger partial charge in [0.25, 0.3) is 5.91 Å². The van der Waals surface area contributed by atoms with Crippen molar-refractivity contribution in [1.29, 1.82) is 0 Å². The number of amides is 3. The molecular formula is C47H51N5O4. The molecule has 5 aliphatic rings. The number of anilines is 2. The fraction of sp³-hybridized carbons (Fsp3) is 0.383. The third-order valence-electron chi connectivity index (χ3n) is 13.2. The van der Waals surface area contributed by atoms with Crippen molar-refractivity contribution in [2.45, 2.75) is 70.0 Å². The second-order valence-electron chi connectivity index (χ2n) is 16.6. The molecule has 56 heavy (non-hydrogen) atoms. The lowest BCUT2D eigenvalue weighted by molar-refractivity contribution is -0.136. The van der Waals surface area contributed by atoms with Gasteiger partial charge >= 0.3 is 0 Å². The molecule has 9 nitrogen and oxygen atoms in total. The highest BCUT2D eigenvalue weighted by atomic mass is 16.3. The SMILES string of the molecule is O=C1CCC(N2Cc3cc(N4CCN(C5CC6(CCN(c7ccc(/C=C(\CCc8ccc(O)cc8)c8ccccc8)cc7)CC6)C5)CC4)ccc3C2=O)C(=O)N1. The van der Waals surface area contributed by atoms with Crippen molar-refractivity contribution in [2.24, 2.45) is 5.41 Å². The number of hydrogen-bond acceptors (Lipinski definition) is 7. The van der Waals surface area contributed by atoms with E-state index in [9.17, 15) is 19.5 Å². The molecule has 3 saturated heterocycles. The molecule has 1 unspecified atom stereocenters. The first-order chi connectivity index (χ1) is 27.3. The quantitative estimate of drug-likeness (QED) is 0.142. The Bertz CT molecular complexity index is 2110. The molecule has 0 radical (unpaired) electrons. The largest absolute Gasteiger partial charge is 0.508 e. The van der Waals surface area contributed by atoms with Crippen LogP contribution in [0.2, 0.25) is 0 Å². The summed E-state index contributed by atoms with van der Waals surface area (Å²) in [5.74, 6) is -0.444. The van der Waals surface area contributed by atoms with Crippen molar-refractivity contribution in [2.75, 3.05) is 49.1 Å². The minimum Gasteiger partial charge on any atom is -0.508 e. The van der Waals surface area contributed by atoms with Crippen LogP contribution in [0.3, 0.4) is 0 Å². The number of phenols is 1. The number of rotatable bonds is 9. The van der Waals surface area contributed by atoms with Crippen molar-refractivity contribution >= 4 is 40.7 Å². The smallest absolute Gasteiger partial charge is 0.255 e. The first-order valence-electron chi connectivity index (χ1n) is 20.4. The maximum absolute atomic E-state index is 13.2. The predicted molar refractivity (Wildman–Crippen MR) is 220 cm³/mol. The third-order valence-corrected chi connectivity index (χ3v) is 13.2. The Labute approximate surface area is 329 Å². The monoisotopic (exact) mass is 749 g/mol. The predicted octanol–water partition coefficient (Wildman–Crippen LogP) is 6.90. The van der Waals surface area contributed by atoms with Crippen molar-refractivity contribution in [3.8, 4) is 5.75 Å². The molecule has 4 aromatic rings. The maximum Gasteiger partial charge on any atom is 0.255 e. The number of phenolic OH excluding ortho intramolecular Hbond substituents is 1. The van der Waals surface area contributed by atoms with E-state index < -0.39 is 6.04 Å². The molecule has 1 aliphatic carbocycles. The van der Waals surface area contributed by atoms with E-state index in [1.54, 1.807) is 17.0 Å². The van der Waals surface area contributed by atoms with E-state index >= 15 is 0 Å². The molecular weight excluding hydrogens is 699 g/mol. The standard InChI is InChI=1S/C47H51N5O4/c53-41-15-9-33(10-16-41)6-11-36(35-4-2-1-3-5-35)28-34-7-12-38(13-8-34)49-22-20-47(21-23-49)30-40(31-47)51-26-24-50(25-27-51)39-14-17-42-37(29-39)32-52(46(42)56)43-18-19-44(54)48-45(43)55/h1-5,7-10,12-17,28-29,40,43,53H,6,11,18-27,30-32H2,(H,48,54,55)/b36-28+. The lowest BCUT2D eigenvalue weighted by Crippen LogP contribution is -2.59. The van der Waals surface area contributed by atoms with Crippen LogP contribution in [0.1, 0.15) is 77.6 Å². The minimum absolute atomic E-state index is 0.117. The minimum atomic E-state index is -0.582. The summed E-state index contributed by atoms with van der Waals surface area (Å²) in [7, 11) is 0. The van der Waals surface area contributed by atoms with Gasteiger partial charge in [-0.1, -0.05) is 60.7 Å². The van der Waals surface area contributed by atoms with E-state index in [0.29, 0.717) is 35.7 Å². The van der Waals surface area contributed by atoms with E-state index in [1.807, 2.05) is 18.2 Å². The Morgan fingerprint density at radius 1 is 0.786 bits per heavy atom. The number of nitrogens with one attached hydrogen (secondary N) is 1. The van der Waals surface area contributed by atoms with E-state index in [-0.39, 0.29) is 24.1 Å². The number of aromatic hydroxyl groups is 1. The van der Waals surface area contributed by atoms with E-state index in [2.05, 4.69) is 92.8 Å². The van der Waals surface area contributed by atoms with Gasteiger partial charge in [0.2, 0.25) is 11.8 Å². The summed E-state index contributed by atoms with van der Waals surface area (Å²) in [4.78, 5) is 46.6. The molecule has 0 bridgehead atoms. The molecule has 4 fully saturated rings. The van der Waals surface area contributed by atoms with Crippen LogP contribution in [-0.2, 0) is 22.6 Å². The van der Waals surface area contributed by atoms with E-state index in [4.69, 9.17) is 0 Å². The second-order valence-corrected chi connectivity index (χ2v) is 16.6. The number of carbonyl (C=O) groups excluding carboxylic acids is 3. The van der Waals surface area contributed by atoms with Crippen molar-refractivity contribution in [3.63, 3.8) is 0 Å². The van der Waals surface area contributed by atoms with Crippen LogP contribution in [0.5, 0.6) is 5.75 Å². The Morgan fingerprint density at radius 2 is 1.48 bits per heavy atom. The third kappa shape index (κ3) is 7.44. The molecule has 1 atom stereocenters. The van der Waals surface area contributed by atoms with Gasteiger partial charge in [0.15, 0.2) is 0 Å². The van der Waals surface area contributed by atoms with Crippen LogP contribution in [0.25, 0.3) is 11.6 Å². The van der Waals surface area contributed by atoms with Gasteiger partial charge in [0.05, 0.1) is 0 Å². The summed E-state index contributed by atoms with van der Waals surface area (Å²) in [6.07, 6.45) is 9.92. The number of piperidine rings is 2. The van der Waals surface area contributed by atoms with Crippen LogP contribution in [0, 0.1) is 5.41 Å². The summed E-state index contributed by atoms with van der Waals surface area (Å²) < 4.78 is 0. The number of carbonyl (C=O) groups is 3. The first kappa shape index (κ1) is 36.2. The van der Waals surface area contributed by atoms with E-state index in [1.165, 1.54) is 53.6 Å². The van der Waals surface area contributed by atoms with Gasteiger partial charge in [0, 0.05) is 75.2 Å². The Balaban J connectivity index is 0.751. The van der Waals surface area contributed by atoms with Gasteiger partial charge in [-0.25, -0.2) is 0 Å². The molecule has 3 amide bonds. The highest BCUT2D eigenvalue weighted by molar-refractivity contribution is 6.05. The van der Waals surface area contributed by atoms with Crippen molar-refractivity contribution in [3.05, 3.63) is 125 Å². The average Bonchev–Trinajstić information content (AvgIpc) is 3.54. The summed E-state index contributed by atoms with van der Waals surface area (Å²) in [6.45, 7) is 6.68. The number of nitrogens with zero attached hydrogens (tertiary/aromatic N) is 4. The average molecular weight is 750 g/mol. The van der Waals surface area contributed by atoms with E-state index in [0.717, 1.165) is 63.4 Å². The molecule has 0 aromatic heterocycles. The first-order valence-corrected chi connectivity index (χ1v) is 20.4. The fourth-order valence-electron chi connectivity index (χ4n) is 9.82. The van der Waals surface area contributed by atoms with Gasteiger partial charge in [-0.15, -0.1) is 0 Å². The van der Waals surface area contributed by atoms with Gasteiger partial charge in [-0.2, -0.15) is 0 Å². The number of fused-ring (bicyclic) bond motifs is 1. The number of aryl methyl sites for hydroxylation is 1. The Kier molecular flexibility index (Phi) is 9.88. The fourth-order valence-corrected chi connectivity index (χ4v) is 9.82. The van der Waals surface area contributed by atoms with Crippen LogP contribution in [0.15, 0.2) is 97.1 Å². The number of benzene rings is 4. The molecule has 4 aliphatic heterocycles. The van der Waals surface area contributed by atoms with Crippen molar-refractivity contribution in [1.82, 2.24) is 15.1 Å². The summed E-state index contributed by atoms with van der Waals surface area (Å²) >= 11 is 0. The highest BCUT2D eigenvalue weighted by Crippen LogP contribution is 2.51. The molecule has 1 saturated carbocycles. The zero-order valence-electron chi connectivity index (χ0n) is 32.0. The lowest BCUT2D eigenvalue weighted by Gasteiger charge is -2.56. The summed E-state index contributed by atoms with van der Waals surface area (Å²) in [6, 6.07) is 33.5. The Morgan fingerprint density at radius 3 is 2.20 bits per heavy atom. The van der Waals surface area contributed by atoms with Crippen LogP contribution in [0.4, 0.5) is 11.4 Å². The number of allylic oxidation sites excluding steroid dienone is 1. The molecule has 9 heteroatoms. The van der Waals surface area contributed by atoms with Gasteiger partial charge in [0.1, 0.15) is 11.8 Å². The summed E-state index contributed by atoms with van der Waals surface area (Å²) in [5, 5.41) is 12.1. The van der Waals surface area contributed by atoms with Crippen LogP contribution >= 0.6 is 0 Å². The maximum atomic E-state index is 13.2. The topological polar surface area (TPSA) is 96.4 Å². The Hall–Kier alpha value is -5.41. The summed E-state index contributed by atoms with van der Waals surface area (Å²) in [5.41, 5.74) is 9.57. The number of piperazine rings is 1. The highest BCUT2D eigenvalue weighted by Gasteiger charge is 2.48. The van der Waals surface area contributed by atoms with Crippen LogP contribution < -0.4 is 15.1 Å². The molecule has 288 valence electrons. The molecule has 4 aromatic carbocycles. The van der Waals surface area contributed by atoms with Crippen molar-refractivity contribution < 1.29 is 19.5 Å². The molecule has 9 rings (SSSR count).